The molecule has 332 valence electrons. The molecule has 1 saturated carbocycles. The van der Waals surface area contributed by atoms with Crippen molar-refractivity contribution in [2.75, 3.05) is 55.6 Å². The topological polar surface area (TPSA) is 175 Å². The molecule has 1 unspecified atom stereocenters. The van der Waals surface area contributed by atoms with Crippen LogP contribution in [0.5, 0.6) is 5.75 Å². The summed E-state index contributed by atoms with van der Waals surface area (Å²) in [7, 11) is 1.81. The van der Waals surface area contributed by atoms with Crippen molar-refractivity contribution in [3.8, 4) is 11.8 Å². The van der Waals surface area contributed by atoms with Gasteiger partial charge in [-0.25, -0.2) is 4.68 Å². The SMILES string of the molecule is Cn1ccc(=O)c2c(OC3C(C)(C)C(NC(=O)c4ccc(N5CCC(CN6CCN(c7ccc8c(=O)n(C9CCC(=O)NC9=O)ncc8c7)CC6)CC5)cc4)C3(C)C)ccc(C#N)c21. The molecule has 2 aromatic heterocycles. The highest BCUT2D eigenvalue weighted by atomic mass is 16.5. The first-order chi connectivity index (χ1) is 30.6. The van der Waals surface area contributed by atoms with Gasteiger partial charge < -0.3 is 24.4 Å². The van der Waals surface area contributed by atoms with Gasteiger partial charge in [-0.15, -0.1) is 0 Å². The van der Waals surface area contributed by atoms with Crippen molar-refractivity contribution >= 4 is 50.8 Å². The number of nitriles is 1. The predicted molar refractivity (Wildman–Crippen MR) is 245 cm³/mol. The summed E-state index contributed by atoms with van der Waals surface area (Å²) in [5.74, 6) is 0.0860. The van der Waals surface area contributed by atoms with Crippen LogP contribution in [0, 0.1) is 28.1 Å². The normalized spacial score (nSPS) is 22.5. The molecule has 2 N–H and O–H groups in total. The van der Waals surface area contributed by atoms with E-state index in [0.717, 1.165) is 75.4 Å². The van der Waals surface area contributed by atoms with Gasteiger partial charge in [0.1, 0.15) is 24.0 Å². The summed E-state index contributed by atoms with van der Waals surface area (Å²) in [4.78, 5) is 71.3. The van der Waals surface area contributed by atoms with Crippen molar-refractivity contribution in [2.45, 2.75) is 71.6 Å². The van der Waals surface area contributed by atoms with Crippen molar-refractivity contribution in [1.29, 1.82) is 5.26 Å². The molecule has 64 heavy (non-hydrogen) atoms. The van der Waals surface area contributed by atoms with Gasteiger partial charge in [0.2, 0.25) is 5.91 Å². The molecule has 1 atom stereocenters. The Kier molecular flexibility index (Phi) is 11.1. The lowest BCUT2D eigenvalue weighted by Crippen LogP contribution is -2.74. The summed E-state index contributed by atoms with van der Waals surface area (Å²) in [5, 5.41) is 21.3. The van der Waals surface area contributed by atoms with Crippen LogP contribution >= 0.6 is 0 Å². The summed E-state index contributed by atoms with van der Waals surface area (Å²) >= 11 is 0. The first-order valence-electron chi connectivity index (χ1n) is 22.3. The van der Waals surface area contributed by atoms with E-state index < -0.39 is 22.8 Å². The molecule has 15 heteroatoms. The van der Waals surface area contributed by atoms with E-state index in [0.29, 0.717) is 39.1 Å². The van der Waals surface area contributed by atoms with Crippen LogP contribution in [0.15, 0.2) is 82.6 Å². The van der Waals surface area contributed by atoms with E-state index in [2.05, 4.69) is 64.2 Å². The van der Waals surface area contributed by atoms with Crippen LogP contribution in [-0.4, -0.2) is 94.9 Å². The maximum atomic E-state index is 13.7. The van der Waals surface area contributed by atoms with Crippen LogP contribution in [0.2, 0.25) is 0 Å². The number of nitrogens with one attached hydrogen (secondary N) is 2. The number of pyridine rings is 1. The Morgan fingerprint density at radius 3 is 2.25 bits per heavy atom. The van der Waals surface area contributed by atoms with Crippen molar-refractivity contribution in [3.63, 3.8) is 0 Å². The van der Waals surface area contributed by atoms with Crippen molar-refractivity contribution < 1.29 is 19.1 Å². The summed E-state index contributed by atoms with van der Waals surface area (Å²) in [6.45, 7) is 14.9. The highest BCUT2D eigenvalue weighted by molar-refractivity contribution is 5.99. The number of rotatable bonds is 9. The van der Waals surface area contributed by atoms with Crippen LogP contribution in [0.1, 0.15) is 75.3 Å². The predicted octanol–water partition coefficient (Wildman–Crippen LogP) is 4.75. The van der Waals surface area contributed by atoms with Crippen LogP contribution in [0.3, 0.4) is 0 Å². The van der Waals surface area contributed by atoms with E-state index in [1.54, 1.807) is 29.1 Å². The maximum Gasteiger partial charge on any atom is 0.275 e. The first-order valence-corrected chi connectivity index (χ1v) is 22.3. The molecule has 4 aliphatic rings. The van der Waals surface area contributed by atoms with Gasteiger partial charge in [0.15, 0.2) is 5.43 Å². The van der Waals surface area contributed by atoms with Gasteiger partial charge in [0, 0.05) is 111 Å². The number of benzene rings is 3. The number of anilines is 2. The Bertz CT molecular complexity index is 2810. The summed E-state index contributed by atoms with van der Waals surface area (Å²) in [6.07, 6.45) is 5.61. The first kappa shape index (κ1) is 42.8. The van der Waals surface area contributed by atoms with Crippen LogP contribution in [0.25, 0.3) is 21.7 Å². The number of hydrogen-bond acceptors (Lipinski definition) is 11. The molecule has 0 bridgehead atoms. The Morgan fingerprint density at radius 2 is 1.56 bits per heavy atom. The number of aromatic nitrogens is 3. The quantitative estimate of drug-likeness (QED) is 0.196. The number of amides is 3. The Morgan fingerprint density at radius 1 is 0.875 bits per heavy atom. The average molecular weight is 866 g/mol. The highest BCUT2D eigenvalue weighted by Crippen LogP contribution is 2.56. The second kappa shape index (κ2) is 16.5. The minimum absolute atomic E-state index is 0.137. The summed E-state index contributed by atoms with van der Waals surface area (Å²) < 4.78 is 9.60. The number of hydrogen-bond donors (Lipinski definition) is 2. The molecule has 3 aliphatic heterocycles. The number of nitrogens with zero attached hydrogens (tertiary/aromatic N) is 7. The largest absolute Gasteiger partial charge is 0.488 e. The number of imide groups is 1. The summed E-state index contributed by atoms with van der Waals surface area (Å²) in [6, 6.07) is 19.8. The fraction of sp³-hybridized carbons (Fsp3) is 0.449. The second-order valence-electron chi connectivity index (χ2n) is 19.2. The third-order valence-electron chi connectivity index (χ3n) is 14.3. The van der Waals surface area contributed by atoms with E-state index in [4.69, 9.17) is 4.74 Å². The fourth-order valence-corrected chi connectivity index (χ4v) is 11.1. The molecule has 5 aromatic rings. The van der Waals surface area contributed by atoms with Gasteiger partial charge >= 0.3 is 0 Å². The van der Waals surface area contributed by atoms with Crippen LogP contribution in [0.4, 0.5) is 11.4 Å². The third-order valence-corrected chi connectivity index (χ3v) is 14.3. The molecule has 0 radical (unpaired) electrons. The number of piperazine rings is 1. The lowest BCUT2D eigenvalue weighted by molar-refractivity contribution is -0.163. The number of aryl methyl sites for hydroxylation is 1. The minimum Gasteiger partial charge on any atom is -0.488 e. The molecule has 4 fully saturated rings. The number of fused-ring (bicyclic) bond motifs is 2. The monoisotopic (exact) mass is 865 g/mol. The van der Waals surface area contributed by atoms with E-state index >= 15 is 0 Å². The number of ether oxygens (including phenoxy) is 1. The Hall–Kier alpha value is -6.53. The molecular formula is C49H55N9O6. The van der Waals surface area contributed by atoms with Crippen LogP contribution in [-0.2, 0) is 16.6 Å². The van der Waals surface area contributed by atoms with E-state index in [9.17, 15) is 29.2 Å². The maximum absolute atomic E-state index is 13.7. The zero-order chi connectivity index (χ0) is 45.1. The zero-order valence-electron chi connectivity index (χ0n) is 37.1. The number of carbonyl (C=O) groups is 3. The van der Waals surface area contributed by atoms with Gasteiger partial charge in [-0.3, -0.25) is 34.2 Å². The van der Waals surface area contributed by atoms with Gasteiger partial charge in [-0.2, -0.15) is 10.4 Å². The van der Waals surface area contributed by atoms with E-state index in [1.165, 1.54) is 10.7 Å². The highest BCUT2D eigenvalue weighted by Gasteiger charge is 2.64. The Balaban J connectivity index is 0.751. The van der Waals surface area contributed by atoms with Gasteiger partial charge in [-0.05, 0) is 79.8 Å². The molecule has 15 nitrogen and oxygen atoms in total. The van der Waals surface area contributed by atoms with Gasteiger partial charge in [0.25, 0.3) is 17.4 Å². The molecule has 3 saturated heterocycles. The average Bonchev–Trinajstić information content (AvgIpc) is 3.29. The van der Waals surface area contributed by atoms with Crippen LogP contribution < -0.4 is 36.2 Å². The smallest absolute Gasteiger partial charge is 0.275 e. The standard InChI is InChI=1S/C49H55N9O6/c1-48(2)46(49(3,4)47(48)64-39-14-8-32(27-50)42-41(39)38(59)18-19-54(42)5)53-43(61)31-6-9-34(10-7-31)56-20-16-30(17-21-56)29-55-22-24-57(25-23-55)35-11-12-36-33(26-35)28-51-58(45(36)63)37-13-15-40(60)52-44(37)62/h6-12,14,18-19,26,28,30,37,46-47H,13,15-17,20-25,29H2,1-5H3,(H,53,61)(H,52,60,62). The van der Waals surface area contributed by atoms with Gasteiger partial charge in [-0.1, -0.05) is 27.7 Å². The molecule has 3 amide bonds. The van der Waals surface area contributed by atoms with Crippen molar-refractivity contribution in [1.82, 2.24) is 29.9 Å². The summed E-state index contributed by atoms with van der Waals surface area (Å²) in [5.41, 5.74) is 2.26. The lowest BCUT2D eigenvalue weighted by Gasteiger charge is -2.63. The van der Waals surface area contributed by atoms with Crippen molar-refractivity contribution in [3.05, 3.63) is 105 Å². The fourth-order valence-electron chi connectivity index (χ4n) is 11.1. The molecule has 1 aliphatic carbocycles. The minimum atomic E-state index is -0.787. The van der Waals surface area contributed by atoms with E-state index in [-0.39, 0.29) is 47.8 Å². The molecule has 9 rings (SSSR count). The Labute approximate surface area is 371 Å². The second-order valence-corrected chi connectivity index (χ2v) is 19.2. The number of carbonyl (C=O) groups excluding carboxylic acids is 3. The van der Waals surface area contributed by atoms with E-state index in [1.807, 2.05) is 49.5 Å². The van der Waals surface area contributed by atoms with Crippen molar-refractivity contribution in [2.24, 2.45) is 23.8 Å². The molecule has 3 aromatic carbocycles. The van der Waals surface area contributed by atoms with Gasteiger partial charge in [0.05, 0.1) is 28.0 Å². The lowest BCUT2D eigenvalue weighted by atomic mass is 9.49. The number of piperidine rings is 2. The molecular weight excluding hydrogens is 811 g/mol. The molecule has 0 spiro atoms. The third kappa shape index (κ3) is 7.67. The molecule has 5 heterocycles. The zero-order valence-corrected chi connectivity index (χ0v) is 37.1.